The van der Waals surface area contributed by atoms with E-state index in [4.69, 9.17) is 9.47 Å². The average molecular weight is 433 g/mol. The zero-order chi connectivity index (χ0) is 22.3. The maximum absolute atomic E-state index is 13.7. The van der Waals surface area contributed by atoms with Gasteiger partial charge in [0.2, 0.25) is 0 Å². The molecule has 0 radical (unpaired) electrons. The molecule has 0 unspecified atom stereocenters. The van der Waals surface area contributed by atoms with Gasteiger partial charge in [-0.3, -0.25) is 4.79 Å². The predicted octanol–water partition coefficient (Wildman–Crippen LogP) is 5.53. The SMILES string of the molecule is COc1cccc(Cn2cccc2CN(C(=O)c2ccccc2OC)C2CCCCC2)c1. The van der Waals surface area contributed by atoms with E-state index in [1.165, 1.54) is 24.8 Å². The zero-order valence-corrected chi connectivity index (χ0v) is 19.0. The maximum Gasteiger partial charge on any atom is 0.258 e. The van der Waals surface area contributed by atoms with E-state index >= 15 is 0 Å². The number of ether oxygens (including phenoxy) is 2. The van der Waals surface area contributed by atoms with Crippen molar-refractivity contribution in [1.29, 1.82) is 0 Å². The average Bonchev–Trinajstić information content (AvgIpc) is 3.29. The van der Waals surface area contributed by atoms with Crippen LogP contribution in [0.2, 0.25) is 0 Å². The number of aromatic nitrogens is 1. The molecule has 1 saturated carbocycles. The quantitative estimate of drug-likeness (QED) is 0.470. The molecule has 1 aliphatic carbocycles. The fourth-order valence-corrected chi connectivity index (χ4v) is 4.62. The van der Waals surface area contributed by atoms with Crippen molar-refractivity contribution in [3.63, 3.8) is 0 Å². The molecule has 0 spiro atoms. The molecule has 1 amide bonds. The summed E-state index contributed by atoms with van der Waals surface area (Å²) in [6.45, 7) is 1.32. The lowest BCUT2D eigenvalue weighted by molar-refractivity contribution is 0.0605. The Morgan fingerprint density at radius 3 is 2.56 bits per heavy atom. The molecular formula is C27H32N2O3. The minimum absolute atomic E-state index is 0.0449. The second kappa shape index (κ2) is 10.4. The second-order valence-corrected chi connectivity index (χ2v) is 8.40. The Labute approximate surface area is 190 Å². The van der Waals surface area contributed by atoms with E-state index < -0.39 is 0 Å². The van der Waals surface area contributed by atoms with E-state index in [-0.39, 0.29) is 11.9 Å². The molecule has 5 nitrogen and oxygen atoms in total. The number of rotatable bonds is 8. The monoisotopic (exact) mass is 432 g/mol. The molecular weight excluding hydrogens is 400 g/mol. The lowest BCUT2D eigenvalue weighted by Gasteiger charge is -2.35. The molecule has 0 aliphatic heterocycles. The van der Waals surface area contributed by atoms with Crippen LogP contribution in [0.4, 0.5) is 0 Å². The number of hydrogen-bond acceptors (Lipinski definition) is 3. The van der Waals surface area contributed by atoms with E-state index in [1.807, 2.05) is 36.4 Å². The molecule has 0 saturated heterocycles. The van der Waals surface area contributed by atoms with Crippen LogP contribution >= 0.6 is 0 Å². The highest BCUT2D eigenvalue weighted by Crippen LogP contribution is 2.28. The molecule has 32 heavy (non-hydrogen) atoms. The molecule has 1 aromatic heterocycles. The standard InChI is InChI=1S/C27H32N2O3/c1-31-24-14-8-10-21(18-24)19-28-17-9-13-23(28)20-29(22-11-4-3-5-12-22)27(30)25-15-6-7-16-26(25)32-2/h6-10,13-18,22H,3-5,11-12,19-20H2,1-2H3. The van der Waals surface area contributed by atoms with Crippen LogP contribution in [0.25, 0.3) is 0 Å². The first-order valence-corrected chi connectivity index (χ1v) is 11.4. The van der Waals surface area contributed by atoms with Gasteiger partial charge in [-0.2, -0.15) is 0 Å². The summed E-state index contributed by atoms with van der Waals surface area (Å²) in [5.74, 6) is 1.53. The van der Waals surface area contributed by atoms with Crippen molar-refractivity contribution in [2.75, 3.05) is 14.2 Å². The molecule has 0 bridgehead atoms. The zero-order valence-electron chi connectivity index (χ0n) is 19.0. The van der Waals surface area contributed by atoms with Crippen molar-refractivity contribution in [3.05, 3.63) is 83.7 Å². The third kappa shape index (κ3) is 4.98. The molecule has 2 aromatic carbocycles. The van der Waals surface area contributed by atoms with Gasteiger partial charge in [0.15, 0.2) is 0 Å². The molecule has 0 N–H and O–H groups in total. The summed E-state index contributed by atoms with van der Waals surface area (Å²) in [5.41, 5.74) is 2.93. The van der Waals surface area contributed by atoms with Crippen molar-refractivity contribution in [1.82, 2.24) is 9.47 Å². The van der Waals surface area contributed by atoms with Crippen LogP contribution in [0, 0.1) is 0 Å². The second-order valence-electron chi connectivity index (χ2n) is 8.40. The van der Waals surface area contributed by atoms with E-state index in [1.54, 1.807) is 14.2 Å². The van der Waals surface area contributed by atoms with E-state index in [0.29, 0.717) is 17.9 Å². The maximum atomic E-state index is 13.7. The third-order valence-electron chi connectivity index (χ3n) is 6.36. The highest BCUT2D eigenvalue weighted by molar-refractivity contribution is 5.97. The first kappa shape index (κ1) is 22.0. The fourth-order valence-electron chi connectivity index (χ4n) is 4.62. The fraction of sp³-hybridized carbons (Fsp3) is 0.370. The highest BCUT2D eigenvalue weighted by Gasteiger charge is 2.28. The summed E-state index contributed by atoms with van der Waals surface area (Å²) in [7, 11) is 3.31. The molecule has 1 fully saturated rings. The minimum atomic E-state index is 0.0449. The Morgan fingerprint density at radius 2 is 1.78 bits per heavy atom. The van der Waals surface area contributed by atoms with E-state index in [2.05, 4.69) is 39.9 Å². The number of methoxy groups -OCH3 is 2. The summed E-state index contributed by atoms with van der Waals surface area (Å²) in [5, 5.41) is 0. The predicted molar refractivity (Wildman–Crippen MR) is 126 cm³/mol. The summed E-state index contributed by atoms with van der Waals surface area (Å²) in [4.78, 5) is 15.8. The lowest BCUT2D eigenvalue weighted by Crippen LogP contribution is -2.41. The summed E-state index contributed by atoms with van der Waals surface area (Å²) in [6, 6.07) is 20.1. The number of amides is 1. The van der Waals surface area contributed by atoms with Gasteiger partial charge in [0.1, 0.15) is 11.5 Å². The van der Waals surface area contributed by atoms with Gasteiger partial charge >= 0.3 is 0 Å². The van der Waals surface area contributed by atoms with Crippen molar-refractivity contribution in [3.8, 4) is 11.5 Å². The Balaban J connectivity index is 1.61. The number of carbonyl (C=O) groups excluding carboxylic acids is 1. The Morgan fingerprint density at radius 1 is 0.969 bits per heavy atom. The summed E-state index contributed by atoms with van der Waals surface area (Å²) in [6.07, 6.45) is 7.78. The van der Waals surface area contributed by atoms with Crippen molar-refractivity contribution in [2.45, 2.75) is 51.2 Å². The topological polar surface area (TPSA) is 43.7 Å². The molecule has 4 rings (SSSR count). The van der Waals surface area contributed by atoms with Crippen LogP contribution in [0.15, 0.2) is 66.9 Å². The van der Waals surface area contributed by atoms with E-state index in [0.717, 1.165) is 30.8 Å². The molecule has 3 aromatic rings. The molecule has 5 heteroatoms. The van der Waals surface area contributed by atoms with Crippen LogP contribution in [-0.2, 0) is 13.1 Å². The van der Waals surface area contributed by atoms with Crippen molar-refractivity contribution >= 4 is 5.91 Å². The molecule has 168 valence electrons. The Bertz CT molecular complexity index is 1040. The Hall–Kier alpha value is -3.21. The van der Waals surface area contributed by atoms with Gasteiger partial charge < -0.3 is 18.9 Å². The van der Waals surface area contributed by atoms with Gasteiger partial charge in [0.05, 0.1) is 26.3 Å². The van der Waals surface area contributed by atoms with Crippen LogP contribution < -0.4 is 9.47 Å². The van der Waals surface area contributed by atoms with Crippen LogP contribution in [-0.4, -0.2) is 35.6 Å². The number of nitrogens with zero attached hydrogens (tertiary/aromatic N) is 2. The van der Waals surface area contributed by atoms with Crippen molar-refractivity contribution in [2.24, 2.45) is 0 Å². The molecule has 0 atom stereocenters. The lowest BCUT2D eigenvalue weighted by atomic mass is 9.93. The number of para-hydroxylation sites is 1. The number of carbonyl (C=O) groups is 1. The van der Waals surface area contributed by atoms with Crippen LogP contribution in [0.1, 0.15) is 53.7 Å². The third-order valence-corrected chi connectivity index (χ3v) is 6.36. The number of hydrogen-bond donors (Lipinski definition) is 0. The highest BCUT2D eigenvalue weighted by atomic mass is 16.5. The van der Waals surface area contributed by atoms with Gasteiger partial charge in [-0.05, 0) is 54.8 Å². The smallest absolute Gasteiger partial charge is 0.258 e. The summed E-state index contributed by atoms with van der Waals surface area (Å²) < 4.78 is 13.1. The van der Waals surface area contributed by atoms with E-state index in [9.17, 15) is 4.79 Å². The first-order chi connectivity index (χ1) is 15.7. The van der Waals surface area contributed by atoms with Gasteiger partial charge in [0.25, 0.3) is 5.91 Å². The van der Waals surface area contributed by atoms with Crippen molar-refractivity contribution < 1.29 is 14.3 Å². The largest absolute Gasteiger partial charge is 0.497 e. The Kier molecular flexibility index (Phi) is 7.15. The van der Waals surface area contributed by atoms with Gasteiger partial charge in [0, 0.05) is 24.5 Å². The molecule has 1 heterocycles. The van der Waals surface area contributed by atoms with Crippen LogP contribution in [0.3, 0.4) is 0 Å². The number of benzene rings is 2. The first-order valence-electron chi connectivity index (χ1n) is 11.4. The van der Waals surface area contributed by atoms with Crippen LogP contribution in [0.5, 0.6) is 11.5 Å². The normalized spacial score (nSPS) is 14.2. The van der Waals surface area contributed by atoms with Gasteiger partial charge in [-0.1, -0.05) is 43.5 Å². The summed E-state index contributed by atoms with van der Waals surface area (Å²) >= 11 is 0. The van der Waals surface area contributed by atoms with Gasteiger partial charge in [-0.15, -0.1) is 0 Å². The van der Waals surface area contributed by atoms with Gasteiger partial charge in [-0.25, -0.2) is 0 Å². The minimum Gasteiger partial charge on any atom is -0.497 e. The molecule has 1 aliphatic rings.